The first-order valence-corrected chi connectivity index (χ1v) is 30.2. The zero-order valence-corrected chi connectivity index (χ0v) is 41.3. The molecule has 340 valence electrons. The summed E-state index contributed by atoms with van der Waals surface area (Å²) in [5.41, 5.74) is 7.97. The fourth-order valence-corrected chi connectivity index (χ4v) is 24.3. The van der Waals surface area contributed by atoms with Crippen molar-refractivity contribution in [3.05, 3.63) is 176 Å². The molecule has 3 heterocycles. The molecule has 0 radical (unpaired) electrons. The zero-order chi connectivity index (χ0) is 45.0. The van der Waals surface area contributed by atoms with Gasteiger partial charge in [0.05, 0.1) is 0 Å². The molecule has 0 saturated heterocycles. The van der Waals surface area contributed by atoms with Crippen LogP contribution in [0, 0.1) is 23.7 Å². The molecule has 4 aliphatic rings. The minimum absolute atomic E-state index is 0.592. The van der Waals surface area contributed by atoms with E-state index in [9.17, 15) is 0 Å². The number of anilines is 3. The number of benzene rings is 7. The number of aromatic nitrogens is 2. The van der Waals surface area contributed by atoms with E-state index in [1.165, 1.54) is 129 Å². The van der Waals surface area contributed by atoms with E-state index in [1.54, 1.807) is 0 Å². The average molecular weight is 952 g/mol. The molecule has 0 N–H and O–H groups in total. The van der Waals surface area contributed by atoms with Crippen LogP contribution in [-0.2, 0) is 0 Å². The fourth-order valence-electron chi connectivity index (χ4n) is 14.2. The van der Waals surface area contributed by atoms with Crippen LogP contribution in [0.1, 0.15) is 83.5 Å². The normalized spacial score (nSPS) is 20.7. The summed E-state index contributed by atoms with van der Waals surface area (Å²) in [6.45, 7) is 0.910. The van der Waals surface area contributed by atoms with Crippen molar-refractivity contribution in [3.63, 3.8) is 0 Å². The Hall–Kier alpha value is -6.05. The van der Waals surface area contributed by atoms with Crippen LogP contribution < -0.4 is 27.4 Å². The summed E-state index contributed by atoms with van der Waals surface area (Å²) in [5, 5.41) is 2.40. The van der Waals surface area contributed by atoms with E-state index < -0.39 is 13.3 Å². The van der Waals surface area contributed by atoms with Gasteiger partial charge in [-0.1, -0.05) is 0 Å². The van der Waals surface area contributed by atoms with Crippen molar-refractivity contribution in [2.75, 3.05) is 16.5 Å². The van der Waals surface area contributed by atoms with Crippen molar-refractivity contribution in [3.8, 4) is 6.01 Å². The number of hydrogen-bond donors (Lipinski definition) is 0. The van der Waals surface area contributed by atoms with Crippen LogP contribution in [0.15, 0.2) is 180 Å². The van der Waals surface area contributed by atoms with Crippen LogP contribution in [0.4, 0.5) is 17.1 Å². The predicted molar refractivity (Wildman–Crippen MR) is 286 cm³/mol. The fraction of sp³-hybridized carbons (Fsp3) is 0.306. The van der Waals surface area contributed by atoms with Gasteiger partial charge in [0.2, 0.25) is 0 Å². The summed E-state index contributed by atoms with van der Waals surface area (Å²) in [6.07, 6.45) is 18.4. The van der Waals surface area contributed by atoms with Gasteiger partial charge in [0.1, 0.15) is 0 Å². The van der Waals surface area contributed by atoms with E-state index in [0.29, 0.717) is 12.1 Å². The number of para-hydroxylation sites is 5. The van der Waals surface area contributed by atoms with Crippen molar-refractivity contribution in [2.45, 2.75) is 89.5 Å². The van der Waals surface area contributed by atoms with Crippen LogP contribution in [0.2, 0.25) is 0 Å². The van der Waals surface area contributed by atoms with Crippen molar-refractivity contribution in [1.29, 1.82) is 0 Å². The van der Waals surface area contributed by atoms with Gasteiger partial charge >= 0.3 is 406 Å². The van der Waals surface area contributed by atoms with Gasteiger partial charge in [-0.05, 0) is 0 Å². The molecule has 3 aliphatic carbocycles. The minimum atomic E-state index is -3.84. The van der Waals surface area contributed by atoms with Crippen LogP contribution in [0.3, 0.4) is 0 Å². The molecule has 0 spiro atoms. The molecule has 7 aromatic carbocycles. The first-order chi connectivity index (χ1) is 33.7. The molecule has 5 nitrogen and oxygen atoms in total. The average Bonchev–Trinajstić information content (AvgIpc) is 4.12. The Kier molecular flexibility index (Phi) is 11.0. The third-order valence-corrected chi connectivity index (χ3v) is 27.2. The van der Waals surface area contributed by atoms with E-state index >= 15 is 0 Å². The summed E-state index contributed by atoms with van der Waals surface area (Å²) >= 11 is -3.84. The molecule has 3 saturated carbocycles. The molecule has 3 fully saturated rings. The molecule has 2 unspecified atom stereocenters. The van der Waals surface area contributed by atoms with Gasteiger partial charge < -0.3 is 0 Å². The Morgan fingerprint density at radius 3 is 1.75 bits per heavy atom. The predicted octanol–water partition coefficient (Wildman–Crippen LogP) is 13.2. The molecular weight excluding hydrogens is 889 g/mol. The molecule has 2 atom stereocenters. The molecule has 13 rings (SSSR count). The maximum absolute atomic E-state index is 6.60. The zero-order valence-electron chi connectivity index (χ0n) is 39.2. The Morgan fingerprint density at radius 2 is 1.04 bits per heavy atom. The first-order valence-electron chi connectivity index (χ1n) is 26.0. The summed E-state index contributed by atoms with van der Waals surface area (Å²) < 4.78 is 14.5. The van der Waals surface area contributed by atoms with Crippen molar-refractivity contribution in [2.24, 2.45) is 23.7 Å². The SMILES string of the molecule is c1cc[c]([Ge]([c]2ccccc2)([c]2cccc(N3CN(C4C(C5CCCCC5)CCCC4C4CCCCC4)c4ccccc43)c2)[c]2ccc3c4ccccc4n(-c4nc5ccccc5o4)c3c2)cc1. The summed E-state index contributed by atoms with van der Waals surface area (Å²) in [5.74, 6) is 3.26. The van der Waals surface area contributed by atoms with E-state index in [-0.39, 0.29) is 0 Å². The van der Waals surface area contributed by atoms with Crippen LogP contribution in [0.5, 0.6) is 0 Å². The second-order valence-corrected chi connectivity index (χ2v) is 28.6. The molecule has 68 heavy (non-hydrogen) atoms. The summed E-state index contributed by atoms with van der Waals surface area (Å²) in [6, 6.07) is 67.6. The van der Waals surface area contributed by atoms with Gasteiger partial charge in [0.25, 0.3) is 0 Å². The van der Waals surface area contributed by atoms with Crippen molar-refractivity contribution >= 4 is 80.8 Å². The van der Waals surface area contributed by atoms with E-state index in [1.807, 2.05) is 24.3 Å². The number of fused-ring (bicyclic) bond motifs is 5. The Balaban J connectivity index is 0.983. The Morgan fingerprint density at radius 1 is 0.456 bits per heavy atom. The Bertz CT molecular complexity index is 3120. The van der Waals surface area contributed by atoms with Gasteiger partial charge in [-0.3, -0.25) is 0 Å². The van der Waals surface area contributed by atoms with Gasteiger partial charge in [-0.25, -0.2) is 0 Å². The molecule has 9 aromatic rings. The Labute approximate surface area is 404 Å². The molecule has 1 aliphatic heterocycles. The monoisotopic (exact) mass is 952 g/mol. The van der Waals surface area contributed by atoms with Crippen LogP contribution >= 0.6 is 0 Å². The topological polar surface area (TPSA) is 37.4 Å². The number of rotatable bonds is 9. The van der Waals surface area contributed by atoms with Gasteiger partial charge in [-0.15, -0.1) is 0 Å². The summed E-state index contributed by atoms with van der Waals surface area (Å²) in [4.78, 5) is 10.8. The first kappa shape index (κ1) is 42.1. The van der Waals surface area contributed by atoms with E-state index in [2.05, 4.69) is 166 Å². The molecule has 2 aromatic heterocycles. The molecule has 0 bridgehead atoms. The number of hydrogen-bond acceptors (Lipinski definition) is 4. The number of nitrogens with zero attached hydrogens (tertiary/aromatic N) is 4. The van der Waals surface area contributed by atoms with Crippen molar-refractivity contribution < 1.29 is 4.42 Å². The van der Waals surface area contributed by atoms with Crippen LogP contribution in [0.25, 0.3) is 38.9 Å². The van der Waals surface area contributed by atoms with Gasteiger partial charge in [-0.2, -0.15) is 0 Å². The van der Waals surface area contributed by atoms with E-state index in [4.69, 9.17) is 9.40 Å². The van der Waals surface area contributed by atoms with Gasteiger partial charge in [0, 0.05) is 0 Å². The second-order valence-electron chi connectivity index (χ2n) is 20.7. The number of oxazole rings is 1. The second kappa shape index (κ2) is 17.8. The molecule has 0 amide bonds. The van der Waals surface area contributed by atoms with Crippen LogP contribution in [-0.4, -0.2) is 35.5 Å². The quantitative estimate of drug-likeness (QED) is 0.135. The van der Waals surface area contributed by atoms with Crippen molar-refractivity contribution in [1.82, 2.24) is 9.55 Å². The van der Waals surface area contributed by atoms with E-state index in [0.717, 1.165) is 52.5 Å². The maximum atomic E-state index is 6.60. The standard InChI is InChI=1S/C62H62GeN4O/c1-5-21-44(22-6-1)51-32-20-33-52(45-23-7-2-8-24-45)61(51)66-43-65(57-36-16-17-37-58(57)66)50-30-19-29-48(41-50)63(46-25-9-3-10-26-46,47-27-11-4-12-28-47)49-39-40-54-53-31-13-15-35-56(53)67(59(54)42-49)62-64-55-34-14-18-38-60(55)68-62/h3-4,9-19,25-31,34-42,44-45,51-52,61H,1-2,5-8,20-24,32-33,43H2. The third kappa shape index (κ3) is 7.05. The molecular formula is C62H62GeN4O. The van der Waals surface area contributed by atoms with Gasteiger partial charge in [0.15, 0.2) is 0 Å². The molecule has 6 heteroatoms. The summed E-state index contributed by atoms with van der Waals surface area (Å²) in [7, 11) is 0. The third-order valence-electron chi connectivity index (χ3n) is 17.2.